The number of ether oxygens (including phenoxy) is 1. The lowest BCUT2D eigenvalue weighted by atomic mass is 9.93. The van der Waals surface area contributed by atoms with Crippen LogP contribution >= 0.6 is 11.6 Å². The van der Waals surface area contributed by atoms with Gasteiger partial charge in [-0.25, -0.2) is 24.1 Å². The minimum Gasteiger partial charge on any atom is -0.478 e. The number of rotatable bonds is 9. The third-order valence-corrected chi connectivity index (χ3v) is 8.04. The van der Waals surface area contributed by atoms with Gasteiger partial charge in [0.1, 0.15) is 24.1 Å². The second-order valence-corrected chi connectivity index (χ2v) is 11.0. The van der Waals surface area contributed by atoms with Gasteiger partial charge in [-0.15, -0.1) is 0 Å². The first kappa shape index (κ1) is 27.9. The number of likely N-dealkylation sites (tertiary alicyclic amines) is 1. The molecule has 0 spiro atoms. The quantitative estimate of drug-likeness (QED) is 0.237. The van der Waals surface area contributed by atoms with E-state index in [0.29, 0.717) is 29.6 Å². The van der Waals surface area contributed by atoms with Gasteiger partial charge in [-0.3, -0.25) is 4.90 Å². The maximum atomic E-state index is 14.1. The number of carboxylic acids is 1. The van der Waals surface area contributed by atoms with Crippen LogP contribution in [0.1, 0.15) is 52.0 Å². The van der Waals surface area contributed by atoms with Crippen LogP contribution in [-0.4, -0.2) is 53.2 Å². The van der Waals surface area contributed by atoms with Crippen LogP contribution < -0.4 is 4.74 Å². The highest BCUT2D eigenvalue weighted by atomic mass is 35.5. The number of hydrogen-bond donors (Lipinski definition) is 1. The minimum absolute atomic E-state index is 0.0745. The Morgan fingerprint density at radius 3 is 2.64 bits per heavy atom. The number of pyridine rings is 1. The molecule has 0 atom stereocenters. The molecule has 3 aromatic heterocycles. The maximum absolute atomic E-state index is 14.1. The van der Waals surface area contributed by atoms with E-state index in [1.165, 1.54) is 6.07 Å². The third kappa shape index (κ3) is 6.00. The van der Waals surface area contributed by atoms with Gasteiger partial charge in [-0.1, -0.05) is 23.7 Å². The minimum atomic E-state index is -0.967. The number of nitrogens with zero attached hydrogens (tertiary/aromatic N) is 6. The van der Waals surface area contributed by atoms with E-state index in [2.05, 4.69) is 14.5 Å². The number of halogens is 2. The van der Waals surface area contributed by atoms with E-state index in [1.807, 2.05) is 29.9 Å². The molecule has 1 aliphatic rings. The van der Waals surface area contributed by atoms with Crippen LogP contribution in [0, 0.1) is 5.82 Å². The average Bonchev–Trinajstić information content (AvgIpc) is 3.55. The van der Waals surface area contributed by atoms with E-state index in [4.69, 9.17) is 26.3 Å². The van der Waals surface area contributed by atoms with Crippen molar-refractivity contribution in [1.82, 2.24) is 29.0 Å². The van der Waals surface area contributed by atoms with E-state index in [1.54, 1.807) is 42.6 Å². The Morgan fingerprint density at radius 2 is 1.90 bits per heavy atom. The first-order valence-electron chi connectivity index (χ1n) is 13.8. The normalized spacial score (nSPS) is 14.5. The molecule has 4 heterocycles. The Hall–Kier alpha value is -4.28. The van der Waals surface area contributed by atoms with Crippen LogP contribution in [-0.2, 0) is 26.7 Å². The van der Waals surface area contributed by atoms with Gasteiger partial charge in [-0.2, -0.15) is 0 Å². The van der Waals surface area contributed by atoms with E-state index in [-0.39, 0.29) is 18.1 Å². The molecule has 0 aliphatic carbocycles. The van der Waals surface area contributed by atoms with E-state index >= 15 is 0 Å². The van der Waals surface area contributed by atoms with Gasteiger partial charge in [0, 0.05) is 47.7 Å². The molecule has 0 saturated carbocycles. The Bertz CT molecular complexity index is 1740. The van der Waals surface area contributed by atoms with E-state index < -0.39 is 11.8 Å². The number of carboxylic acid groups (broad SMARTS) is 1. The van der Waals surface area contributed by atoms with Crippen molar-refractivity contribution in [2.24, 2.45) is 7.05 Å². The SMILES string of the molecule is Cn1ccnc1Cn1c(CN2CCC(c3cccc(OCc4ccc(Cl)cc4F)n3)CC2)nc2ccc(C(=O)O)cc21. The van der Waals surface area contributed by atoms with Crippen molar-refractivity contribution in [3.8, 4) is 5.88 Å². The second-order valence-electron chi connectivity index (χ2n) is 10.6. The number of carbonyl (C=O) groups is 1. The van der Waals surface area contributed by atoms with Crippen molar-refractivity contribution in [3.05, 3.63) is 106 Å². The summed E-state index contributed by atoms with van der Waals surface area (Å²) in [5.74, 6) is 1.11. The summed E-state index contributed by atoms with van der Waals surface area (Å²) in [5, 5.41) is 9.90. The lowest BCUT2D eigenvalue weighted by Crippen LogP contribution is -2.33. The van der Waals surface area contributed by atoms with Gasteiger partial charge in [0.2, 0.25) is 5.88 Å². The first-order chi connectivity index (χ1) is 20.3. The third-order valence-electron chi connectivity index (χ3n) is 7.80. The molecule has 5 aromatic rings. The molecule has 216 valence electrons. The van der Waals surface area contributed by atoms with Gasteiger partial charge in [-0.05, 0) is 62.3 Å². The van der Waals surface area contributed by atoms with Crippen LogP contribution in [0.25, 0.3) is 11.0 Å². The van der Waals surface area contributed by atoms with Gasteiger partial charge < -0.3 is 19.0 Å². The molecule has 2 aromatic carbocycles. The zero-order chi connectivity index (χ0) is 29.2. The fraction of sp³-hybridized carbons (Fsp3) is 0.290. The van der Waals surface area contributed by atoms with Gasteiger partial charge >= 0.3 is 5.97 Å². The molecular weight excluding hydrogens is 559 g/mol. The summed E-state index contributed by atoms with van der Waals surface area (Å²) < 4.78 is 24.0. The number of aromatic carboxylic acids is 1. The smallest absolute Gasteiger partial charge is 0.335 e. The van der Waals surface area contributed by atoms with E-state index in [0.717, 1.165) is 54.3 Å². The molecule has 0 bridgehead atoms. The topological polar surface area (TPSA) is 98.3 Å². The first-order valence-corrected chi connectivity index (χ1v) is 14.2. The van der Waals surface area contributed by atoms with Crippen molar-refractivity contribution in [2.45, 2.75) is 38.5 Å². The molecule has 0 amide bonds. The van der Waals surface area contributed by atoms with Gasteiger partial charge in [0.15, 0.2) is 0 Å². The predicted octanol–water partition coefficient (Wildman–Crippen LogP) is 5.66. The molecule has 1 fully saturated rings. The van der Waals surface area contributed by atoms with Crippen molar-refractivity contribution in [2.75, 3.05) is 13.1 Å². The maximum Gasteiger partial charge on any atom is 0.335 e. The Morgan fingerprint density at radius 1 is 1.07 bits per heavy atom. The van der Waals surface area contributed by atoms with E-state index in [9.17, 15) is 14.3 Å². The van der Waals surface area contributed by atoms with Gasteiger partial charge in [0.05, 0.1) is 29.7 Å². The Labute approximate surface area is 247 Å². The molecule has 9 nitrogen and oxygen atoms in total. The van der Waals surface area contributed by atoms with Crippen molar-refractivity contribution in [1.29, 1.82) is 0 Å². The summed E-state index contributed by atoms with van der Waals surface area (Å²) in [5.41, 5.74) is 3.16. The van der Waals surface area contributed by atoms with Crippen LogP contribution in [0.3, 0.4) is 0 Å². The monoisotopic (exact) mass is 588 g/mol. The highest BCUT2D eigenvalue weighted by Gasteiger charge is 2.24. The molecule has 1 aliphatic heterocycles. The van der Waals surface area contributed by atoms with Gasteiger partial charge in [0.25, 0.3) is 0 Å². The zero-order valence-electron chi connectivity index (χ0n) is 23.1. The summed E-state index contributed by atoms with van der Waals surface area (Å²) in [7, 11) is 1.94. The Balaban J connectivity index is 1.14. The van der Waals surface area contributed by atoms with Crippen molar-refractivity contribution < 1.29 is 19.0 Å². The van der Waals surface area contributed by atoms with Crippen molar-refractivity contribution >= 4 is 28.6 Å². The number of fused-ring (bicyclic) bond motifs is 1. The molecule has 1 N–H and O–H groups in total. The number of aryl methyl sites for hydroxylation is 1. The number of hydrogen-bond acceptors (Lipinski definition) is 6. The highest BCUT2D eigenvalue weighted by molar-refractivity contribution is 6.30. The fourth-order valence-corrected chi connectivity index (χ4v) is 5.57. The molecule has 11 heteroatoms. The summed E-state index contributed by atoms with van der Waals surface area (Å²) in [6, 6.07) is 15.3. The molecular formula is C31H30ClFN6O3. The summed E-state index contributed by atoms with van der Waals surface area (Å²) in [6.07, 6.45) is 5.49. The second kappa shape index (κ2) is 11.9. The Kier molecular flexibility index (Phi) is 7.90. The van der Waals surface area contributed by atoms with Crippen LogP contribution in [0.4, 0.5) is 4.39 Å². The average molecular weight is 589 g/mol. The molecule has 0 radical (unpaired) electrons. The lowest BCUT2D eigenvalue weighted by molar-refractivity contribution is 0.0697. The summed E-state index contributed by atoms with van der Waals surface area (Å²) >= 11 is 5.85. The zero-order valence-corrected chi connectivity index (χ0v) is 23.8. The molecule has 6 rings (SSSR count). The largest absolute Gasteiger partial charge is 0.478 e. The summed E-state index contributed by atoms with van der Waals surface area (Å²) in [6.45, 7) is 2.92. The summed E-state index contributed by atoms with van der Waals surface area (Å²) in [4.78, 5) is 28.1. The fourth-order valence-electron chi connectivity index (χ4n) is 5.41. The highest BCUT2D eigenvalue weighted by Crippen LogP contribution is 2.30. The van der Waals surface area contributed by atoms with Crippen LogP contribution in [0.2, 0.25) is 5.02 Å². The molecule has 42 heavy (non-hydrogen) atoms. The van der Waals surface area contributed by atoms with Crippen LogP contribution in [0.15, 0.2) is 67.0 Å². The predicted molar refractivity (Wildman–Crippen MR) is 156 cm³/mol. The number of imidazole rings is 2. The number of aromatic nitrogens is 5. The molecule has 1 saturated heterocycles. The van der Waals surface area contributed by atoms with Crippen LogP contribution in [0.5, 0.6) is 5.88 Å². The molecule has 0 unspecified atom stereocenters. The standard InChI is InChI=1S/C31H30ClFN6O3/c1-37-14-11-34-28(37)18-39-27-15-21(31(40)41)6-8-26(27)35-29(39)17-38-12-9-20(10-13-38)25-3-2-4-30(36-25)42-19-22-5-7-23(32)16-24(22)33/h2-8,11,14-16,20H,9-10,12-13,17-19H2,1H3,(H,40,41). The number of piperidine rings is 1. The van der Waals surface area contributed by atoms with Crippen molar-refractivity contribution in [3.63, 3.8) is 0 Å². The lowest BCUT2D eigenvalue weighted by Gasteiger charge is -2.31. The number of benzene rings is 2.